The Morgan fingerprint density at radius 2 is 1.74 bits per heavy atom. The quantitative estimate of drug-likeness (QED) is 0.537. The zero-order valence-corrected chi connectivity index (χ0v) is 20.4. The number of carbonyl (C=O) groups is 1. The van der Waals surface area contributed by atoms with E-state index in [4.69, 9.17) is 4.74 Å². The predicted molar refractivity (Wildman–Crippen MR) is 135 cm³/mol. The number of benzene rings is 3. The van der Waals surface area contributed by atoms with Gasteiger partial charge in [0, 0.05) is 38.1 Å². The first-order chi connectivity index (χ1) is 16.3. The number of hydrogen-bond acceptors (Lipinski definition) is 4. The molecule has 3 aromatic rings. The lowest BCUT2D eigenvalue weighted by Crippen LogP contribution is -2.39. The van der Waals surface area contributed by atoms with Gasteiger partial charge in [-0.15, -0.1) is 0 Å². The highest BCUT2D eigenvalue weighted by atomic mass is 32.2. The van der Waals surface area contributed by atoms with Crippen molar-refractivity contribution in [1.29, 1.82) is 0 Å². The van der Waals surface area contributed by atoms with Crippen molar-refractivity contribution in [1.82, 2.24) is 4.31 Å². The van der Waals surface area contributed by atoms with Crippen LogP contribution in [-0.4, -0.2) is 52.1 Å². The highest BCUT2D eigenvalue weighted by Crippen LogP contribution is 2.35. The van der Waals surface area contributed by atoms with Crippen molar-refractivity contribution in [2.24, 2.45) is 0 Å². The van der Waals surface area contributed by atoms with Gasteiger partial charge in [0.2, 0.25) is 10.0 Å². The highest BCUT2D eigenvalue weighted by Gasteiger charge is 2.33. The Morgan fingerprint density at radius 1 is 1.06 bits per heavy atom. The molecule has 178 valence electrons. The lowest BCUT2D eigenvalue weighted by Gasteiger charge is -2.23. The Kier molecular flexibility index (Phi) is 7.02. The van der Waals surface area contributed by atoms with Crippen LogP contribution in [0.25, 0.3) is 11.1 Å². The second kappa shape index (κ2) is 9.97. The Bertz CT molecular complexity index is 1260. The fraction of sp³-hybridized carbons (Fsp3) is 0.269. The van der Waals surface area contributed by atoms with Crippen LogP contribution in [0, 0.1) is 0 Å². The van der Waals surface area contributed by atoms with Gasteiger partial charge in [-0.1, -0.05) is 42.5 Å². The minimum Gasteiger partial charge on any atom is -0.383 e. The maximum absolute atomic E-state index is 13.1. The first kappa shape index (κ1) is 23.9. The average Bonchev–Trinajstić information content (AvgIpc) is 3.18. The molecule has 0 spiro atoms. The Balaban J connectivity index is 1.50. The fourth-order valence-corrected chi connectivity index (χ4v) is 5.36. The lowest BCUT2D eigenvalue weighted by atomic mass is 10.1. The normalized spacial score (nSPS) is 15.4. The van der Waals surface area contributed by atoms with Crippen molar-refractivity contribution >= 4 is 27.4 Å². The summed E-state index contributed by atoms with van der Waals surface area (Å²) in [5, 5.41) is 2.97. The summed E-state index contributed by atoms with van der Waals surface area (Å²) in [4.78, 5) is 15.0. The standard InChI is InChI=1S/C26H29N3O4S/c1-19-17-22-18-24(34(31,32)28(2)15-16-33-3)13-14-25(22)29(19)26(30)27-23-11-9-21(10-12-23)20-7-5-4-6-8-20/h4-14,18-19H,15-17H2,1-3H3,(H,27,30). The van der Waals surface area contributed by atoms with Gasteiger partial charge in [-0.25, -0.2) is 13.2 Å². The van der Waals surface area contributed by atoms with E-state index in [-0.39, 0.29) is 23.5 Å². The topological polar surface area (TPSA) is 79.0 Å². The third-order valence-electron chi connectivity index (χ3n) is 6.05. The maximum atomic E-state index is 13.1. The fourth-order valence-electron chi connectivity index (χ4n) is 4.16. The molecule has 2 amide bonds. The van der Waals surface area contributed by atoms with E-state index >= 15 is 0 Å². The van der Waals surface area contributed by atoms with Crippen molar-refractivity contribution in [3.8, 4) is 11.1 Å². The summed E-state index contributed by atoms with van der Waals surface area (Å²) in [5.41, 5.74) is 4.45. The molecule has 4 rings (SSSR count). The largest absolute Gasteiger partial charge is 0.383 e. The number of urea groups is 1. The molecule has 1 unspecified atom stereocenters. The van der Waals surface area contributed by atoms with Crippen LogP contribution in [0.3, 0.4) is 0 Å². The molecule has 0 saturated heterocycles. The van der Waals surface area contributed by atoms with E-state index in [1.165, 1.54) is 18.5 Å². The van der Waals surface area contributed by atoms with Crippen molar-refractivity contribution in [3.63, 3.8) is 0 Å². The van der Waals surface area contributed by atoms with E-state index in [9.17, 15) is 13.2 Å². The molecule has 1 N–H and O–H groups in total. The second-order valence-electron chi connectivity index (χ2n) is 8.41. The van der Waals surface area contributed by atoms with Crippen LogP contribution in [-0.2, 0) is 21.2 Å². The monoisotopic (exact) mass is 479 g/mol. The van der Waals surface area contributed by atoms with E-state index in [1.54, 1.807) is 23.1 Å². The number of ether oxygens (including phenoxy) is 1. The van der Waals surface area contributed by atoms with E-state index < -0.39 is 10.0 Å². The number of likely N-dealkylation sites (N-methyl/N-ethyl adjacent to an activating group) is 1. The van der Waals surface area contributed by atoms with Gasteiger partial charge in [-0.2, -0.15) is 4.31 Å². The van der Waals surface area contributed by atoms with Crippen LogP contribution in [0.15, 0.2) is 77.7 Å². The van der Waals surface area contributed by atoms with Gasteiger partial charge in [-0.3, -0.25) is 4.90 Å². The summed E-state index contributed by atoms with van der Waals surface area (Å²) < 4.78 is 32.0. The molecule has 0 saturated carbocycles. The molecule has 1 heterocycles. The summed E-state index contributed by atoms with van der Waals surface area (Å²) in [5.74, 6) is 0. The maximum Gasteiger partial charge on any atom is 0.326 e. The molecule has 3 aromatic carbocycles. The Morgan fingerprint density at radius 3 is 2.41 bits per heavy atom. The van der Waals surface area contributed by atoms with E-state index in [1.807, 2.05) is 61.5 Å². The minimum atomic E-state index is -3.63. The molecule has 7 nitrogen and oxygen atoms in total. The minimum absolute atomic E-state index is 0.0947. The number of hydrogen-bond donors (Lipinski definition) is 1. The predicted octanol–water partition coefficient (Wildman–Crippen LogP) is 4.60. The van der Waals surface area contributed by atoms with Crippen molar-refractivity contribution in [2.45, 2.75) is 24.3 Å². The van der Waals surface area contributed by atoms with Gasteiger partial charge >= 0.3 is 6.03 Å². The number of sulfonamides is 1. The first-order valence-electron chi connectivity index (χ1n) is 11.1. The van der Waals surface area contributed by atoms with Crippen LogP contribution in [0.5, 0.6) is 0 Å². The van der Waals surface area contributed by atoms with E-state index in [0.717, 1.165) is 22.4 Å². The molecule has 1 aliphatic heterocycles. The average molecular weight is 480 g/mol. The molecule has 0 fully saturated rings. The number of anilines is 2. The number of rotatable bonds is 7. The number of fused-ring (bicyclic) bond motifs is 1. The van der Waals surface area contributed by atoms with Gasteiger partial charge < -0.3 is 10.1 Å². The molecule has 0 radical (unpaired) electrons. The highest BCUT2D eigenvalue weighted by molar-refractivity contribution is 7.89. The van der Waals surface area contributed by atoms with Crippen LogP contribution >= 0.6 is 0 Å². The summed E-state index contributed by atoms with van der Waals surface area (Å²) >= 11 is 0. The third kappa shape index (κ3) is 4.84. The summed E-state index contributed by atoms with van der Waals surface area (Å²) in [6.07, 6.45) is 0.584. The van der Waals surface area contributed by atoms with Gasteiger partial charge in [0.25, 0.3) is 0 Å². The van der Waals surface area contributed by atoms with Gasteiger partial charge in [0.05, 0.1) is 11.5 Å². The molecule has 0 aromatic heterocycles. The number of carbonyl (C=O) groups excluding carboxylic acids is 1. The van der Waals surface area contributed by atoms with Crippen LogP contribution < -0.4 is 10.2 Å². The van der Waals surface area contributed by atoms with Gasteiger partial charge in [-0.05, 0) is 60.4 Å². The van der Waals surface area contributed by atoms with Crippen LogP contribution in [0.2, 0.25) is 0 Å². The molecular formula is C26H29N3O4S. The Hall–Kier alpha value is -3.20. The summed E-state index contributed by atoms with van der Waals surface area (Å²) in [7, 11) is -0.558. The lowest BCUT2D eigenvalue weighted by molar-refractivity contribution is 0.185. The SMILES string of the molecule is COCCN(C)S(=O)(=O)c1ccc2c(c1)CC(C)N2C(=O)Nc1ccc(-c2ccccc2)cc1. The second-order valence-corrected chi connectivity index (χ2v) is 10.5. The Labute approximate surface area is 201 Å². The van der Waals surface area contributed by atoms with Crippen molar-refractivity contribution < 1.29 is 17.9 Å². The zero-order valence-electron chi connectivity index (χ0n) is 19.6. The van der Waals surface area contributed by atoms with E-state index in [0.29, 0.717) is 18.7 Å². The third-order valence-corrected chi connectivity index (χ3v) is 7.90. The van der Waals surface area contributed by atoms with E-state index in [2.05, 4.69) is 5.32 Å². The molecule has 1 aliphatic rings. The number of methoxy groups -OCH3 is 1. The van der Waals surface area contributed by atoms with Gasteiger partial charge in [0.15, 0.2) is 0 Å². The smallest absolute Gasteiger partial charge is 0.326 e. The van der Waals surface area contributed by atoms with Crippen molar-refractivity contribution in [2.75, 3.05) is 37.5 Å². The first-order valence-corrected chi connectivity index (χ1v) is 12.6. The molecule has 34 heavy (non-hydrogen) atoms. The summed E-state index contributed by atoms with van der Waals surface area (Å²) in [6, 6.07) is 22.4. The van der Waals surface area contributed by atoms with Crippen LogP contribution in [0.4, 0.5) is 16.2 Å². The number of nitrogens with one attached hydrogen (secondary N) is 1. The van der Waals surface area contributed by atoms with Gasteiger partial charge in [0.1, 0.15) is 0 Å². The van der Waals surface area contributed by atoms with Crippen LogP contribution in [0.1, 0.15) is 12.5 Å². The summed E-state index contributed by atoms with van der Waals surface area (Å²) in [6.45, 7) is 2.54. The molecule has 1 atom stereocenters. The molecule has 8 heteroatoms. The molecule has 0 bridgehead atoms. The zero-order chi connectivity index (χ0) is 24.3. The van der Waals surface area contributed by atoms with Crippen molar-refractivity contribution in [3.05, 3.63) is 78.4 Å². The molecular weight excluding hydrogens is 450 g/mol. The number of amides is 2. The number of nitrogens with zero attached hydrogens (tertiary/aromatic N) is 2. The molecule has 0 aliphatic carbocycles.